The number of nitrogens with zero attached hydrogens (tertiary/aromatic N) is 4. The topological polar surface area (TPSA) is 83.2 Å². The Morgan fingerprint density at radius 1 is 1.48 bits per heavy atom. The second kappa shape index (κ2) is 5.95. The molecule has 9 heteroatoms. The van der Waals surface area contributed by atoms with Gasteiger partial charge in [-0.3, -0.25) is 9.48 Å². The molecule has 2 aromatic heterocycles. The largest absolute Gasteiger partial charge is 0.348 e. The fourth-order valence-corrected chi connectivity index (χ4v) is 2.61. The van der Waals surface area contributed by atoms with Crippen LogP contribution in [0.25, 0.3) is 0 Å². The Bertz CT molecular complexity index is 770. The second-order valence-corrected chi connectivity index (χ2v) is 6.20. The highest BCUT2D eigenvalue weighted by Gasteiger charge is 2.32. The zero-order valence-electron chi connectivity index (χ0n) is 13.1. The Morgan fingerprint density at radius 3 is 2.96 bits per heavy atom. The molecule has 1 saturated heterocycles. The molecule has 3 rings (SSSR count). The summed E-state index contributed by atoms with van der Waals surface area (Å²) in [5.74, 6) is -0.0126. The number of hydrogen-bond acceptors (Lipinski definition) is 6. The number of nitrogens with one attached hydrogen (secondary N) is 1. The second-order valence-electron chi connectivity index (χ2n) is 5.81. The van der Waals surface area contributed by atoms with Crippen molar-refractivity contribution >= 4 is 23.1 Å². The fraction of sp³-hybridized carbons (Fsp3) is 0.500. The molecule has 8 nitrogen and oxygen atoms in total. The van der Waals surface area contributed by atoms with Gasteiger partial charge in [-0.2, -0.15) is 10.2 Å². The van der Waals surface area contributed by atoms with Gasteiger partial charge in [-0.1, -0.05) is 11.6 Å². The van der Waals surface area contributed by atoms with Gasteiger partial charge in [0.2, 0.25) is 0 Å². The molecule has 0 saturated carbocycles. The van der Waals surface area contributed by atoms with Gasteiger partial charge in [-0.25, -0.2) is 4.68 Å². The van der Waals surface area contributed by atoms with E-state index in [1.807, 2.05) is 20.0 Å². The van der Waals surface area contributed by atoms with Crippen LogP contribution in [0.1, 0.15) is 13.8 Å². The van der Waals surface area contributed by atoms with Gasteiger partial charge in [0.05, 0.1) is 13.2 Å². The molecule has 0 spiro atoms. The van der Waals surface area contributed by atoms with Crippen molar-refractivity contribution in [2.24, 2.45) is 7.05 Å². The van der Waals surface area contributed by atoms with Crippen molar-refractivity contribution in [1.82, 2.24) is 19.6 Å². The van der Waals surface area contributed by atoms with Gasteiger partial charge < -0.3 is 14.8 Å². The van der Waals surface area contributed by atoms with E-state index in [2.05, 4.69) is 15.5 Å². The molecule has 0 bridgehead atoms. The molecular formula is C14H18ClN5O3. The summed E-state index contributed by atoms with van der Waals surface area (Å²) in [5.41, 5.74) is 0.0394. The van der Waals surface area contributed by atoms with E-state index in [4.69, 9.17) is 21.1 Å². The van der Waals surface area contributed by atoms with Gasteiger partial charge >= 0.3 is 0 Å². The number of halogens is 1. The predicted octanol–water partition coefficient (Wildman–Crippen LogP) is 1.53. The summed E-state index contributed by atoms with van der Waals surface area (Å²) in [4.78, 5) is 12.0. The van der Waals surface area contributed by atoms with Crippen molar-refractivity contribution in [3.8, 4) is 0 Å². The van der Waals surface area contributed by atoms with E-state index in [0.29, 0.717) is 24.7 Å². The van der Waals surface area contributed by atoms with Crippen LogP contribution in [0.15, 0.2) is 23.1 Å². The summed E-state index contributed by atoms with van der Waals surface area (Å²) in [6.45, 7) is 4.86. The Labute approximate surface area is 138 Å². The molecule has 3 heterocycles. The Hall–Kier alpha value is -1.90. The maximum Gasteiger partial charge on any atom is 0.290 e. The van der Waals surface area contributed by atoms with E-state index >= 15 is 0 Å². The standard InChI is InChI=1S/C14H18ClN5O3/c1-14(2)22-8-9(23-14)7-20-5-4-12(18-20)16-10-6-11(15)17-19(3)13(10)21/h4-6,9H,7-8H2,1-3H3,(H,16,18)/t9-/m1/s1. The summed E-state index contributed by atoms with van der Waals surface area (Å²) >= 11 is 5.87. The van der Waals surface area contributed by atoms with Crippen LogP contribution >= 0.6 is 11.6 Å². The van der Waals surface area contributed by atoms with Crippen molar-refractivity contribution in [3.63, 3.8) is 0 Å². The van der Waals surface area contributed by atoms with Gasteiger partial charge in [-0.15, -0.1) is 0 Å². The molecule has 0 unspecified atom stereocenters. The molecule has 1 aliphatic heterocycles. The normalized spacial score (nSPS) is 19.9. The average molecular weight is 340 g/mol. The molecule has 23 heavy (non-hydrogen) atoms. The van der Waals surface area contributed by atoms with Gasteiger partial charge in [0.1, 0.15) is 11.8 Å². The SMILES string of the molecule is Cn1nc(Cl)cc(Nc2ccn(C[C@@H]3COC(C)(C)O3)n2)c1=O. The number of rotatable bonds is 4. The quantitative estimate of drug-likeness (QED) is 0.909. The molecule has 0 aliphatic carbocycles. The van der Waals surface area contributed by atoms with E-state index in [0.717, 1.165) is 0 Å². The highest BCUT2D eigenvalue weighted by molar-refractivity contribution is 6.29. The van der Waals surface area contributed by atoms with Crippen molar-refractivity contribution < 1.29 is 9.47 Å². The van der Waals surface area contributed by atoms with Crippen LogP contribution in [-0.2, 0) is 23.1 Å². The van der Waals surface area contributed by atoms with Crippen LogP contribution in [0.3, 0.4) is 0 Å². The van der Waals surface area contributed by atoms with Gasteiger partial charge in [0, 0.05) is 25.4 Å². The first-order valence-corrected chi connectivity index (χ1v) is 7.56. The van der Waals surface area contributed by atoms with E-state index in [1.54, 1.807) is 10.7 Å². The summed E-state index contributed by atoms with van der Waals surface area (Å²) in [5, 5.41) is 11.4. The molecule has 2 aromatic rings. The molecule has 1 aliphatic rings. The van der Waals surface area contributed by atoms with E-state index in [1.165, 1.54) is 17.8 Å². The lowest BCUT2D eigenvalue weighted by atomic mass is 10.4. The molecule has 0 amide bonds. The van der Waals surface area contributed by atoms with Gasteiger partial charge in [0.15, 0.2) is 16.8 Å². The molecule has 0 aromatic carbocycles. The maximum absolute atomic E-state index is 12.0. The molecule has 124 valence electrons. The van der Waals surface area contributed by atoms with Crippen LogP contribution in [0.2, 0.25) is 5.15 Å². The summed E-state index contributed by atoms with van der Waals surface area (Å²) in [6, 6.07) is 3.24. The van der Waals surface area contributed by atoms with Gasteiger partial charge in [0.25, 0.3) is 5.56 Å². The van der Waals surface area contributed by atoms with Crippen molar-refractivity contribution in [1.29, 1.82) is 0 Å². The molecule has 0 radical (unpaired) electrons. The molecular weight excluding hydrogens is 322 g/mol. The van der Waals surface area contributed by atoms with Crippen LogP contribution < -0.4 is 10.9 Å². The minimum atomic E-state index is -0.557. The monoisotopic (exact) mass is 339 g/mol. The fourth-order valence-electron chi connectivity index (χ4n) is 2.39. The lowest BCUT2D eigenvalue weighted by Crippen LogP contribution is -2.24. The highest BCUT2D eigenvalue weighted by atomic mass is 35.5. The molecule has 1 N–H and O–H groups in total. The Balaban J connectivity index is 1.70. The Morgan fingerprint density at radius 2 is 2.26 bits per heavy atom. The minimum Gasteiger partial charge on any atom is -0.348 e. The van der Waals surface area contributed by atoms with E-state index in [-0.39, 0.29) is 16.8 Å². The zero-order chi connectivity index (χ0) is 16.6. The van der Waals surface area contributed by atoms with Crippen LogP contribution in [0.5, 0.6) is 0 Å². The number of hydrogen-bond donors (Lipinski definition) is 1. The van der Waals surface area contributed by atoms with Crippen LogP contribution in [0.4, 0.5) is 11.5 Å². The van der Waals surface area contributed by atoms with E-state index in [9.17, 15) is 4.79 Å². The minimum absolute atomic E-state index is 0.0546. The highest BCUT2D eigenvalue weighted by Crippen LogP contribution is 2.23. The third-order valence-corrected chi connectivity index (χ3v) is 3.58. The average Bonchev–Trinajstić information content (AvgIpc) is 3.02. The summed E-state index contributed by atoms with van der Waals surface area (Å²) in [6.07, 6.45) is 1.76. The van der Waals surface area contributed by atoms with E-state index < -0.39 is 5.79 Å². The summed E-state index contributed by atoms with van der Waals surface area (Å²) < 4.78 is 14.2. The lowest BCUT2D eigenvalue weighted by Gasteiger charge is -2.16. The van der Waals surface area contributed by atoms with Crippen molar-refractivity contribution in [2.75, 3.05) is 11.9 Å². The first-order chi connectivity index (χ1) is 10.8. The maximum atomic E-state index is 12.0. The van der Waals surface area contributed by atoms with Crippen molar-refractivity contribution in [2.45, 2.75) is 32.3 Å². The summed E-state index contributed by atoms with van der Waals surface area (Å²) in [7, 11) is 1.54. The first kappa shape index (κ1) is 16.0. The zero-order valence-corrected chi connectivity index (χ0v) is 13.9. The third-order valence-electron chi connectivity index (χ3n) is 3.39. The Kier molecular flexibility index (Phi) is 4.13. The van der Waals surface area contributed by atoms with Gasteiger partial charge in [-0.05, 0) is 13.8 Å². The molecule has 1 fully saturated rings. The number of aryl methyl sites for hydroxylation is 1. The third kappa shape index (κ3) is 3.72. The van der Waals surface area contributed by atoms with Crippen molar-refractivity contribution in [3.05, 3.63) is 33.8 Å². The smallest absolute Gasteiger partial charge is 0.290 e. The first-order valence-electron chi connectivity index (χ1n) is 7.18. The number of aromatic nitrogens is 4. The number of ether oxygens (including phenoxy) is 2. The molecule has 1 atom stereocenters. The predicted molar refractivity (Wildman–Crippen MR) is 84.9 cm³/mol. The van der Waals surface area contributed by atoms with Crippen LogP contribution in [0, 0.1) is 0 Å². The lowest BCUT2D eigenvalue weighted by molar-refractivity contribution is -0.139. The number of anilines is 2. The van der Waals surface area contributed by atoms with Crippen LogP contribution in [-0.4, -0.2) is 38.1 Å².